The van der Waals surface area contributed by atoms with Gasteiger partial charge >= 0.3 is 5.97 Å². The fraction of sp³-hybridized carbons (Fsp3) is 0.692. The van der Waals surface area contributed by atoms with E-state index in [1.54, 1.807) is 6.08 Å². The number of carbonyl (C=O) groups is 2. The third-order valence-corrected chi connectivity index (χ3v) is 3.93. The van der Waals surface area contributed by atoms with Crippen LogP contribution in [0.1, 0.15) is 19.3 Å². The van der Waals surface area contributed by atoms with Crippen LogP contribution in [0.3, 0.4) is 0 Å². The monoisotopic (exact) mass is 268 g/mol. The molecule has 2 saturated heterocycles. The molecule has 1 N–H and O–H groups in total. The molecule has 0 radical (unpaired) electrons. The van der Waals surface area contributed by atoms with Crippen molar-refractivity contribution in [1.29, 1.82) is 0 Å². The second kappa shape index (κ2) is 5.71. The molecule has 0 bridgehead atoms. The smallest absolute Gasteiger partial charge is 0.311 e. The van der Waals surface area contributed by atoms with E-state index in [9.17, 15) is 9.59 Å². The molecule has 0 saturated carbocycles. The van der Waals surface area contributed by atoms with Gasteiger partial charge in [0.1, 0.15) is 0 Å². The molecule has 6 nitrogen and oxygen atoms in total. The second-order valence-corrected chi connectivity index (χ2v) is 4.91. The molecule has 6 heteroatoms. The minimum atomic E-state index is -0.571. The molecule has 0 aromatic heterocycles. The fourth-order valence-corrected chi connectivity index (χ4v) is 3.02. The highest BCUT2D eigenvalue weighted by Gasteiger charge is 2.57. The molecule has 2 heterocycles. The predicted octanol–water partition coefficient (Wildman–Crippen LogP) is 0.248. The molecule has 2 aliphatic rings. The summed E-state index contributed by atoms with van der Waals surface area (Å²) in [7, 11) is 1.36. The van der Waals surface area contributed by atoms with Crippen LogP contribution >= 0.6 is 0 Å². The summed E-state index contributed by atoms with van der Waals surface area (Å²) in [5.41, 5.74) is -0.571. The van der Waals surface area contributed by atoms with Crippen molar-refractivity contribution in [1.82, 2.24) is 10.4 Å². The van der Waals surface area contributed by atoms with Crippen LogP contribution < -0.4 is 5.32 Å². The summed E-state index contributed by atoms with van der Waals surface area (Å²) in [5.74, 6) is -0.934. The van der Waals surface area contributed by atoms with Crippen molar-refractivity contribution in [2.45, 2.75) is 24.8 Å². The van der Waals surface area contributed by atoms with Gasteiger partial charge in [0.15, 0.2) is 0 Å². The number of hydrogen-bond donors (Lipinski definition) is 1. The molecule has 2 aliphatic heterocycles. The third kappa shape index (κ3) is 2.37. The molecule has 0 unspecified atom stereocenters. The van der Waals surface area contributed by atoms with E-state index >= 15 is 0 Å². The maximum Gasteiger partial charge on any atom is 0.311 e. The molecule has 1 amide bonds. The van der Waals surface area contributed by atoms with Crippen LogP contribution in [0.4, 0.5) is 0 Å². The molecule has 2 rings (SSSR count). The minimum absolute atomic E-state index is 0.154. The first-order valence-corrected chi connectivity index (χ1v) is 6.51. The Kier molecular flexibility index (Phi) is 4.21. The number of nitrogens with one attached hydrogen (secondary N) is 1. The summed E-state index contributed by atoms with van der Waals surface area (Å²) in [4.78, 5) is 29.6. The number of methoxy groups -OCH3 is 1. The van der Waals surface area contributed by atoms with Crippen LogP contribution in [0, 0.1) is 5.92 Å². The van der Waals surface area contributed by atoms with Gasteiger partial charge in [-0.2, -0.15) is 0 Å². The largest absolute Gasteiger partial charge is 0.469 e. The number of nitrogens with zero attached hydrogens (tertiary/aromatic N) is 1. The summed E-state index contributed by atoms with van der Waals surface area (Å²) in [6.45, 7) is 5.36. The third-order valence-electron chi connectivity index (χ3n) is 3.93. The number of hydroxylamine groups is 2. The first-order valence-electron chi connectivity index (χ1n) is 6.51. The van der Waals surface area contributed by atoms with E-state index in [1.807, 2.05) is 0 Å². The minimum Gasteiger partial charge on any atom is -0.469 e. The summed E-state index contributed by atoms with van der Waals surface area (Å²) in [6, 6.07) is 0. The van der Waals surface area contributed by atoms with Crippen molar-refractivity contribution in [2.24, 2.45) is 5.92 Å². The van der Waals surface area contributed by atoms with Crippen LogP contribution in [-0.4, -0.2) is 49.3 Å². The van der Waals surface area contributed by atoms with E-state index in [0.717, 1.165) is 13.1 Å². The van der Waals surface area contributed by atoms with Crippen molar-refractivity contribution in [2.75, 3.05) is 26.8 Å². The van der Waals surface area contributed by atoms with E-state index < -0.39 is 11.5 Å². The van der Waals surface area contributed by atoms with Gasteiger partial charge in [-0.25, -0.2) is 5.06 Å². The first kappa shape index (κ1) is 14.0. The molecule has 1 atom stereocenters. The molecule has 2 fully saturated rings. The van der Waals surface area contributed by atoms with Gasteiger partial charge in [-0.05, 0) is 25.9 Å². The Morgan fingerprint density at radius 3 is 2.84 bits per heavy atom. The van der Waals surface area contributed by atoms with Gasteiger partial charge in [-0.3, -0.25) is 14.4 Å². The van der Waals surface area contributed by atoms with Gasteiger partial charge < -0.3 is 10.1 Å². The van der Waals surface area contributed by atoms with Crippen molar-refractivity contribution in [3.63, 3.8) is 0 Å². The highest BCUT2D eigenvalue weighted by atomic mass is 16.7. The SMILES string of the molecule is C=CCON1C(=O)C[C@@H](C(=O)OC)C12CCNCC2. The number of hydrogen-bond acceptors (Lipinski definition) is 5. The zero-order valence-corrected chi connectivity index (χ0v) is 11.2. The van der Waals surface area contributed by atoms with E-state index in [4.69, 9.17) is 9.57 Å². The quantitative estimate of drug-likeness (QED) is 0.584. The lowest BCUT2D eigenvalue weighted by atomic mass is 9.78. The van der Waals surface area contributed by atoms with Gasteiger partial charge in [-0.1, -0.05) is 6.08 Å². The highest BCUT2D eigenvalue weighted by molar-refractivity contribution is 5.88. The lowest BCUT2D eigenvalue weighted by Gasteiger charge is -2.42. The number of amides is 1. The van der Waals surface area contributed by atoms with E-state index in [2.05, 4.69) is 11.9 Å². The van der Waals surface area contributed by atoms with Gasteiger partial charge in [0, 0.05) is 6.42 Å². The molecule has 1 spiro atoms. The zero-order valence-electron chi connectivity index (χ0n) is 11.2. The standard InChI is InChI=1S/C13H20N2O4/c1-3-8-19-15-11(16)9-10(12(17)18-2)13(15)4-6-14-7-5-13/h3,10,14H,1,4-9H2,2H3/t10-/m0/s1. The number of ether oxygens (including phenoxy) is 1. The maximum atomic E-state index is 12.1. The second-order valence-electron chi connectivity index (χ2n) is 4.91. The van der Waals surface area contributed by atoms with E-state index in [-0.39, 0.29) is 24.9 Å². The average Bonchev–Trinajstić information content (AvgIpc) is 2.69. The van der Waals surface area contributed by atoms with Crippen LogP contribution in [0.2, 0.25) is 0 Å². The van der Waals surface area contributed by atoms with Crippen molar-refractivity contribution < 1.29 is 19.2 Å². The van der Waals surface area contributed by atoms with Crippen LogP contribution in [0.5, 0.6) is 0 Å². The van der Waals surface area contributed by atoms with E-state index in [1.165, 1.54) is 12.2 Å². The van der Waals surface area contributed by atoms with Gasteiger partial charge in [0.25, 0.3) is 0 Å². The number of esters is 1. The molecule has 0 aromatic carbocycles. The highest BCUT2D eigenvalue weighted by Crippen LogP contribution is 2.43. The Bertz CT molecular complexity index is 377. The molecule has 19 heavy (non-hydrogen) atoms. The van der Waals surface area contributed by atoms with Crippen molar-refractivity contribution in [3.8, 4) is 0 Å². The lowest BCUT2D eigenvalue weighted by Crippen LogP contribution is -2.56. The van der Waals surface area contributed by atoms with Crippen molar-refractivity contribution >= 4 is 11.9 Å². The maximum absolute atomic E-state index is 12.1. The molecular formula is C13H20N2O4. The Morgan fingerprint density at radius 2 is 2.26 bits per heavy atom. The Morgan fingerprint density at radius 1 is 1.58 bits per heavy atom. The summed E-state index contributed by atoms with van der Waals surface area (Å²) in [6.07, 6.45) is 3.13. The Labute approximate surface area is 112 Å². The summed E-state index contributed by atoms with van der Waals surface area (Å²) < 4.78 is 4.85. The summed E-state index contributed by atoms with van der Waals surface area (Å²) >= 11 is 0. The number of carbonyl (C=O) groups excluding carboxylic acids is 2. The van der Waals surface area contributed by atoms with Crippen molar-refractivity contribution in [3.05, 3.63) is 12.7 Å². The normalized spacial score (nSPS) is 25.6. The fourth-order valence-electron chi connectivity index (χ4n) is 3.02. The predicted molar refractivity (Wildman–Crippen MR) is 68.0 cm³/mol. The Hall–Kier alpha value is -1.40. The molecule has 106 valence electrons. The lowest BCUT2D eigenvalue weighted by molar-refractivity contribution is -0.214. The number of rotatable bonds is 4. The first-order chi connectivity index (χ1) is 9.15. The summed E-state index contributed by atoms with van der Waals surface area (Å²) in [5, 5.41) is 4.64. The average molecular weight is 268 g/mol. The van der Waals surface area contributed by atoms with Gasteiger partial charge in [0.2, 0.25) is 5.91 Å². The molecule has 0 aromatic rings. The molecular weight excluding hydrogens is 248 g/mol. The van der Waals surface area contributed by atoms with Crippen LogP contribution in [0.15, 0.2) is 12.7 Å². The van der Waals surface area contributed by atoms with Gasteiger partial charge in [0.05, 0.1) is 25.2 Å². The zero-order chi connectivity index (χ0) is 13.9. The topological polar surface area (TPSA) is 67.9 Å². The van der Waals surface area contributed by atoms with Crippen LogP contribution in [0.25, 0.3) is 0 Å². The molecule has 0 aliphatic carbocycles. The van der Waals surface area contributed by atoms with Crippen LogP contribution in [-0.2, 0) is 19.2 Å². The van der Waals surface area contributed by atoms with E-state index in [0.29, 0.717) is 12.8 Å². The van der Waals surface area contributed by atoms with Gasteiger partial charge in [-0.15, -0.1) is 6.58 Å². The Balaban J connectivity index is 2.28. The number of piperidine rings is 1.